The second-order valence-electron chi connectivity index (χ2n) is 5.73. The highest BCUT2D eigenvalue weighted by atomic mass is 16.5. The summed E-state index contributed by atoms with van der Waals surface area (Å²) in [6, 6.07) is 13.0. The second-order valence-corrected chi connectivity index (χ2v) is 5.73. The van der Waals surface area contributed by atoms with Crippen molar-refractivity contribution < 1.29 is 14.6 Å². The van der Waals surface area contributed by atoms with Crippen LogP contribution in [0.2, 0.25) is 0 Å². The summed E-state index contributed by atoms with van der Waals surface area (Å²) in [4.78, 5) is 15.8. The van der Waals surface area contributed by atoms with E-state index in [-0.39, 0.29) is 5.56 Å². The van der Waals surface area contributed by atoms with Crippen LogP contribution in [0.25, 0.3) is 0 Å². The molecule has 0 unspecified atom stereocenters. The van der Waals surface area contributed by atoms with Gasteiger partial charge in [-0.3, -0.25) is 0 Å². The van der Waals surface area contributed by atoms with Gasteiger partial charge in [-0.05, 0) is 30.3 Å². The highest BCUT2D eigenvalue weighted by molar-refractivity contribution is 5.95. The van der Waals surface area contributed by atoms with E-state index in [0.717, 1.165) is 43.3 Å². The molecule has 1 aliphatic heterocycles. The minimum atomic E-state index is -0.954. The Kier molecular flexibility index (Phi) is 4.46. The number of hydrogen-bond acceptors (Lipinski definition) is 5. The summed E-state index contributed by atoms with van der Waals surface area (Å²) in [5.41, 5.74) is 8.22. The first-order valence-electron chi connectivity index (χ1n) is 7.86. The number of benzene rings is 2. The molecule has 0 bridgehead atoms. The van der Waals surface area contributed by atoms with Crippen LogP contribution in [0.4, 0.5) is 17.1 Å². The first-order valence-corrected chi connectivity index (χ1v) is 7.86. The summed E-state index contributed by atoms with van der Waals surface area (Å²) in [6.45, 7) is 3.07. The molecule has 0 spiro atoms. The number of hydrogen-bond donors (Lipinski definition) is 2. The van der Waals surface area contributed by atoms with Gasteiger partial charge in [0.15, 0.2) is 0 Å². The van der Waals surface area contributed by atoms with Gasteiger partial charge in [0.2, 0.25) is 0 Å². The molecule has 1 fully saturated rings. The number of nitrogens with zero attached hydrogens (tertiary/aromatic N) is 2. The molecule has 3 rings (SSSR count). The van der Waals surface area contributed by atoms with Gasteiger partial charge in [-0.25, -0.2) is 4.79 Å². The van der Waals surface area contributed by atoms with E-state index in [1.54, 1.807) is 19.2 Å². The van der Waals surface area contributed by atoms with E-state index < -0.39 is 5.97 Å². The number of nitrogens with two attached hydrogens (primary N) is 1. The smallest absolute Gasteiger partial charge is 0.337 e. The third-order valence-corrected chi connectivity index (χ3v) is 4.30. The van der Waals surface area contributed by atoms with Crippen molar-refractivity contribution in [3.63, 3.8) is 0 Å². The summed E-state index contributed by atoms with van der Waals surface area (Å²) in [5.74, 6) is -0.103. The van der Waals surface area contributed by atoms with Crippen molar-refractivity contribution in [2.24, 2.45) is 0 Å². The van der Waals surface area contributed by atoms with E-state index in [9.17, 15) is 9.90 Å². The number of carboxylic acids is 1. The van der Waals surface area contributed by atoms with Crippen molar-refractivity contribution in [2.75, 3.05) is 48.8 Å². The van der Waals surface area contributed by atoms with Crippen LogP contribution >= 0.6 is 0 Å². The summed E-state index contributed by atoms with van der Waals surface area (Å²) >= 11 is 0. The van der Waals surface area contributed by atoms with Crippen LogP contribution in [-0.4, -0.2) is 44.4 Å². The maximum Gasteiger partial charge on any atom is 0.337 e. The molecule has 0 radical (unpaired) electrons. The fourth-order valence-corrected chi connectivity index (χ4v) is 3.08. The standard InChI is InChI=1S/C18H21N3O3/c1-24-17-5-3-2-4-16(17)21-10-8-20(9-11-21)15-7-6-13(19)12-14(15)18(22)23/h2-7,12H,8-11,19H2,1H3,(H,22,23). The fraction of sp³-hybridized carbons (Fsp3) is 0.278. The normalized spacial score (nSPS) is 14.5. The molecule has 24 heavy (non-hydrogen) atoms. The van der Waals surface area contributed by atoms with E-state index in [0.29, 0.717) is 5.69 Å². The van der Waals surface area contributed by atoms with Gasteiger partial charge in [0.1, 0.15) is 5.75 Å². The molecule has 2 aromatic carbocycles. The van der Waals surface area contributed by atoms with Gasteiger partial charge in [-0.2, -0.15) is 0 Å². The maximum absolute atomic E-state index is 11.5. The molecule has 0 atom stereocenters. The number of carbonyl (C=O) groups is 1. The van der Waals surface area contributed by atoms with Crippen LogP contribution in [0.15, 0.2) is 42.5 Å². The molecule has 3 N–H and O–H groups in total. The predicted octanol–water partition coefficient (Wildman–Crippen LogP) is 2.30. The van der Waals surface area contributed by atoms with E-state index in [2.05, 4.69) is 9.80 Å². The highest BCUT2D eigenvalue weighted by Crippen LogP contribution is 2.30. The highest BCUT2D eigenvalue weighted by Gasteiger charge is 2.23. The lowest BCUT2D eigenvalue weighted by molar-refractivity contribution is 0.0697. The van der Waals surface area contributed by atoms with Crippen LogP contribution in [0.5, 0.6) is 5.75 Å². The molecular weight excluding hydrogens is 306 g/mol. The van der Waals surface area contributed by atoms with Crippen molar-refractivity contribution in [1.29, 1.82) is 0 Å². The summed E-state index contributed by atoms with van der Waals surface area (Å²) in [7, 11) is 1.67. The largest absolute Gasteiger partial charge is 0.495 e. The van der Waals surface area contributed by atoms with Gasteiger partial charge in [0.05, 0.1) is 24.0 Å². The van der Waals surface area contributed by atoms with Gasteiger partial charge in [0.25, 0.3) is 0 Å². The van der Waals surface area contributed by atoms with E-state index in [1.807, 2.05) is 24.3 Å². The summed E-state index contributed by atoms with van der Waals surface area (Å²) < 4.78 is 5.43. The molecule has 6 nitrogen and oxygen atoms in total. The SMILES string of the molecule is COc1ccccc1N1CCN(c2ccc(N)cc2C(=O)O)CC1. The van der Waals surface area contributed by atoms with Crippen LogP contribution < -0.4 is 20.3 Å². The summed E-state index contributed by atoms with van der Waals surface area (Å²) in [6.07, 6.45) is 0. The van der Waals surface area contributed by atoms with Gasteiger partial charge < -0.3 is 25.4 Å². The molecule has 0 aromatic heterocycles. The number of piperazine rings is 1. The van der Waals surface area contributed by atoms with Crippen LogP contribution in [0, 0.1) is 0 Å². The molecular formula is C18H21N3O3. The zero-order chi connectivity index (χ0) is 17.1. The molecule has 1 heterocycles. The summed E-state index contributed by atoms with van der Waals surface area (Å²) in [5, 5.41) is 9.41. The number of para-hydroxylation sites is 2. The van der Waals surface area contributed by atoms with Gasteiger partial charge in [-0.1, -0.05) is 12.1 Å². The minimum absolute atomic E-state index is 0.251. The topological polar surface area (TPSA) is 79.0 Å². The number of aromatic carboxylic acids is 1. The van der Waals surface area contributed by atoms with Crippen molar-refractivity contribution in [3.8, 4) is 5.75 Å². The second kappa shape index (κ2) is 6.70. The Labute approximate surface area is 141 Å². The molecule has 126 valence electrons. The fourth-order valence-electron chi connectivity index (χ4n) is 3.08. The van der Waals surface area contributed by atoms with Crippen LogP contribution in [-0.2, 0) is 0 Å². The number of anilines is 3. The van der Waals surface area contributed by atoms with Crippen molar-refractivity contribution in [3.05, 3.63) is 48.0 Å². The number of rotatable bonds is 4. The average Bonchev–Trinajstić information content (AvgIpc) is 2.62. The van der Waals surface area contributed by atoms with Crippen molar-refractivity contribution in [1.82, 2.24) is 0 Å². The van der Waals surface area contributed by atoms with Crippen molar-refractivity contribution >= 4 is 23.0 Å². The molecule has 6 heteroatoms. The lowest BCUT2D eigenvalue weighted by Crippen LogP contribution is -2.47. The van der Waals surface area contributed by atoms with Gasteiger partial charge in [-0.15, -0.1) is 0 Å². The third kappa shape index (κ3) is 3.08. The average molecular weight is 327 g/mol. The Morgan fingerprint density at radius 1 is 1.04 bits per heavy atom. The lowest BCUT2D eigenvalue weighted by Gasteiger charge is -2.38. The van der Waals surface area contributed by atoms with Gasteiger partial charge >= 0.3 is 5.97 Å². The predicted molar refractivity (Wildman–Crippen MR) is 95.2 cm³/mol. The first kappa shape index (κ1) is 16.0. The Balaban J connectivity index is 1.77. The molecule has 1 saturated heterocycles. The molecule has 0 aliphatic carbocycles. The lowest BCUT2D eigenvalue weighted by atomic mass is 10.1. The van der Waals surface area contributed by atoms with Crippen molar-refractivity contribution in [2.45, 2.75) is 0 Å². The molecule has 1 aliphatic rings. The molecule has 0 saturated carbocycles. The zero-order valence-corrected chi connectivity index (χ0v) is 13.6. The quantitative estimate of drug-likeness (QED) is 0.839. The number of nitrogen functional groups attached to an aromatic ring is 1. The number of carboxylic acid groups (broad SMARTS) is 1. The van der Waals surface area contributed by atoms with E-state index in [1.165, 1.54) is 6.07 Å². The maximum atomic E-state index is 11.5. The Bertz CT molecular complexity index is 740. The monoisotopic (exact) mass is 327 g/mol. The Hall–Kier alpha value is -2.89. The van der Waals surface area contributed by atoms with Gasteiger partial charge in [0, 0.05) is 31.9 Å². The van der Waals surface area contributed by atoms with E-state index >= 15 is 0 Å². The zero-order valence-electron chi connectivity index (χ0n) is 13.6. The third-order valence-electron chi connectivity index (χ3n) is 4.30. The molecule has 0 amide bonds. The minimum Gasteiger partial charge on any atom is -0.495 e. The first-order chi connectivity index (χ1) is 11.6. The Morgan fingerprint density at radius 3 is 2.29 bits per heavy atom. The molecule has 2 aromatic rings. The Morgan fingerprint density at radius 2 is 1.67 bits per heavy atom. The number of ether oxygens (including phenoxy) is 1. The number of methoxy groups -OCH3 is 1. The van der Waals surface area contributed by atoms with E-state index in [4.69, 9.17) is 10.5 Å². The van der Waals surface area contributed by atoms with Crippen LogP contribution in [0.1, 0.15) is 10.4 Å². The van der Waals surface area contributed by atoms with Crippen LogP contribution in [0.3, 0.4) is 0 Å².